The highest BCUT2D eigenvalue weighted by Crippen LogP contribution is 2.20. The van der Waals surface area contributed by atoms with Gasteiger partial charge in [0.25, 0.3) is 0 Å². The normalized spacial score (nSPS) is 12.1. The van der Waals surface area contributed by atoms with Crippen molar-refractivity contribution in [1.82, 2.24) is 10.3 Å². The van der Waals surface area contributed by atoms with Crippen molar-refractivity contribution in [3.8, 4) is 0 Å². The van der Waals surface area contributed by atoms with Gasteiger partial charge in [0.2, 0.25) is 0 Å². The van der Waals surface area contributed by atoms with E-state index in [1.165, 1.54) is 12.0 Å². The van der Waals surface area contributed by atoms with Crippen LogP contribution >= 0.6 is 11.3 Å². The topological polar surface area (TPSA) is 51.2 Å². The fourth-order valence-corrected chi connectivity index (χ4v) is 2.85. The highest BCUT2D eigenvalue weighted by atomic mass is 32.1. The Morgan fingerprint density at radius 2 is 2.10 bits per heavy atom. The molecule has 1 N–H and O–H groups in total. The number of carbonyl (C=O) groups excluding carboxylic acids is 1. The Kier molecular flexibility index (Phi) is 5.47. The molecule has 0 amide bonds. The van der Waals surface area contributed by atoms with Gasteiger partial charge >= 0.3 is 5.97 Å². The Morgan fingerprint density at radius 3 is 2.71 bits per heavy atom. The molecule has 2 aromatic rings. The SMILES string of the molecule is COC(=O)Cc1ccccc1CNC(C)c1ncc(C)s1. The molecule has 4 nitrogen and oxygen atoms in total. The van der Waals surface area contributed by atoms with Crippen LogP contribution < -0.4 is 5.32 Å². The van der Waals surface area contributed by atoms with Gasteiger partial charge in [0.15, 0.2) is 0 Å². The summed E-state index contributed by atoms with van der Waals surface area (Å²) in [5, 5.41) is 4.54. The number of hydrogen-bond donors (Lipinski definition) is 1. The van der Waals surface area contributed by atoms with Crippen molar-refractivity contribution >= 4 is 17.3 Å². The van der Waals surface area contributed by atoms with Crippen molar-refractivity contribution in [2.45, 2.75) is 32.9 Å². The first-order chi connectivity index (χ1) is 10.1. The van der Waals surface area contributed by atoms with Gasteiger partial charge in [-0.3, -0.25) is 4.79 Å². The van der Waals surface area contributed by atoms with E-state index < -0.39 is 0 Å². The van der Waals surface area contributed by atoms with Crippen LogP contribution in [-0.2, 0) is 22.5 Å². The number of benzene rings is 1. The fourth-order valence-electron chi connectivity index (χ4n) is 2.05. The van der Waals surface area contributed by atoms with Crippen molar-refractivity contribution in [3.63, 3.8) is 0 Å². The molecular formula is C16H20N2O2S. The molecule has 0 aliphatic rings. The Balaban J connectivity index is 2.01. The maximum absolute atomic E-state index is 11.4. The second kappa shape index (κ2) is 7.33. The maximum Gasteiger partial charge on any atom is 0.309 e. The first-order valence-electron chi connectivity index (χ1n) is 6.89. The van der Waals surface area contributed by atoms with E-state index in [4.69, 9.17) is 4.74 Å². The van der Waals surface area contributed by atoms with Gasteiger partial charge in [0, 0.05) is 17.6 Å². The molecule has 1 atom stereocenters. The monoisotopic (exact) mass is 304 g/mol. The van der Waals surface area contributed by atoms with Crippen LogP contribution in [0, 0.1) is 6.92 Å². The number of esters is 1. The minimum absolute atomic E-state index is 0.190. The molecule has 0 bridgehead atoms. The van der Waals surface area contributed by atoms with Crippen LogP contribution in [0.1, 0.15) is 34.0 Å². The number of aryl methyl sites for hydroxylation is 1. The summed E-state index contributed by atoms with van der Waals surface area (Å²) in [6.45, 7) is 4.85. The van der Waals surface area contributed by atoms with E-state index in [0.717, 1.165) is 16.1 Å². The Labute approximate surface area is 129 Å². The minimum Gasteiger partial charge on any atom is -0.469 e. The highest BCUT2D eigenvalue weighted by molar-refractivity contribution is 7.11. The molecule has 0 spiro atoms. The second-order valence-corrected chi connectivity index (χ2v) is 6.20. The predicted octanol–water partition coefficient (Wildman–Crippen LogP) is 3.02. The van der Waals surface area contributed by atoms with Gasteiger partial charge in [-0.05, 0) is 25.0 Å². The molecule has 1 aromatic heterocycles. The molecule has 0 saturated heterocycles. The Morgan fingerprint density at radius 1 is 1.38 bits per heavy atom. The molecule has 0 saturated carbocycles. The van der Waals surface area contributed by atoms with Gasteiger partial charge in [-0.1, -0.05) is 24.3 Å². The van der Waals surface area contributed by atoms with E-state index in [-0.39, 0.29) is 12.0 Å². The fraction of sp³-hybridized carbons (Fsp3) is 0.375. The standard InChI is InChI=1S/C16H20N2O2S/c1-11-9-18-16(21-11)12(2)17-10-14-7-5-4-6-13(14)8-15(19)20-3/h4-7,9,12,17H,8,10H2,1-3H3. The average Bonchev–Trinajstić information content (AvgIpc) is 2.92. The molecule has 112 valence electrons. The van der Waals surface area contributed by atoms with Crippen LogP contribution in [0.2, 0.25) is 0 Å². The molecule has 21 heavy (non-hydrogen) atoms. The zero-order valence-corrected chi connectivity index (χ0v) is 13.4. The van der Waals surface area contributed by atoms with E-state index in [1.807, 2.05) is 30.5 Å². The third kappa shape index (κ3) is 4.37. The van der Waals surface area contributed by atoms with E-state index in [0.29, 0.717) is 13.0 Å². The number of rotatable bonds is 6. The lowest BCUT2D eigenvalue weighted by molar-refractivity contribution is -0.139. The van der Waals surface area contributed by atoms with Crippen molar-refractivity contribution in [2.75, 3.05) is 7.11 Å². The maximum atomic E-state index is 11.4. The number of nitrogens with one attached hydrogen (secondary N) is 1. The van der Waals surface area contributed by atoms with E-state index in [1.54, 1.807) is 11.3 Å². The largest absolute Gasteiger partial charge is 0.469 e. The second-order valence-electron chi connectivity index (χ2n) is 4.93. The summed E-state index contributed by atoms with van der Waals surface area (Å²) < 4.78 is 4.74. The van der Waals surface area contributed by atoms with Crippen LogP contribution in [0.15, 0.2) is 30.5 Å². The molecule has 0 aliphatic carbocycles. The quantitative estimate of drug-likeness (QED) is 0.834. The van der Waals surface area contributed by atoms with Gasteiger partial charge in [-0.15, -0.1) is 11.3 Å². The lowest BCUT2D eigenvalue weighted by atomic mass is 10.0. The van der Waals surface area contributed by atoms with E-state index in [2.05, 4.69) is 24.1 Å². The predicted molar refractivity (Wildman–Crippen MR) is 84.3 cm³/mol. The summed E-state index contributed by atoms with van der Waals surface area (Å²) >= 11 is 1.70. The smallest absolute Gasteiger partial charge is 0.309 e. The summed E-state index contributed by atoms with van der Waals surface area (Å²) in [7, 11) is 1.41. The number of thiazole rings is 1. The molecule has 5 heteroatoms. The van der Waals surface area contributed by atoms with Gasteiger partial charge < -0.3 is 10.1 Å². The number of methoxy groups -OCH3 is 1. The third-order valence-corrected chi connectivity index (χ3v) is 4.38. The van der Waals surface area contributed by atoms with Crippen molar-refractivity contribution in [1.29, 1.82) is 0 Å². The van der Waals surface area contributed by atoms with Crippen molar-refractivity contribution in [2.24, 2.45) is 0 Å². The van der Waals surface area contributed by atoms with Crippen LogP contribution in [0.3, 0.4) is 0 Å². The molecule has 2 rings (SSSR count). The number of carbonyl (C=O) groups is 1. The van der Waals surface area contributed by atoms with Crippen LogP contribution in [-0.4, -0.2) is 18.1 Å². The van der Waals surface area contributed by atoms with Crippen molar-refractivity contribution < 1.29 is 9.53 Å². The number of aromatic nitrogens is 1. The zero-order chi connectivity index (χ0) is 15.2. The molecular weight excluding hydrogens is 284 g/mol. The summed E-state index contributed by atoms with van der Waals surface area (Å²) in [6, 6.07) is 8.11. The lowest BCUT2D eigenvalue weighted by Gasteiger charge is -2.13. The molecule has 1 heterocycles. The molecule has 0 fully saturated rings. The molecule has 1 aromatic carbocycles. The lowest BCUT2D eigenvalue weighted by Crippen LogP contribution is -2.19. The van der Waals surface area contributed by atoms with Gasteiger partial charge in [0.05, 0.1) is 19.6 Å². The summed E-state index contributed by atoms with van der Waals surface area (Å²) in [5.41, 5.74) is 2.11. The summed E-state index contributed by atoms with van der Waals surface area (Å²) in [5.74, 6) is -0.217. The van der Waals surface area contributed by atoms with E-state index in [9.17, 15) is 4.79 Å². The number of ether oxygens (including phenoxy) is 1. The van der Waals surface area contributed by atoms with Gasteiger partial charge in [0.1, 0.15) is 5.01 Å². The molecule has 0 radical (unpaired) electrons. The minimum atomic E-state index is -0.217. The molecule has 0 aliphatic heterocycles. The molecule has 1 unspecified atom stereocenters. The summed E-state index contributed by atoms with van der Waals surface area (Å²) in [4.78, 5) is 17.1. The highest BCUT2D eigenvalue weighted by Gasteiger charge is 2.11. The first kappa shape index (κ1) is 15.7. The zero-order valence-electron chi connectivity index (χ0n) is 12.6. The van der Waals surface area contributed by atoms with Gasteiger partial charge in [-0.2, -0.15) is 0 Å². The van der Waals surface area contributed by atoms with Crippen LogP contribution in [0.4, 0.5) is 0 Å². The Hall–Kier alpha value is -1.72. The van der Waals surface area contributed by atoms with Gasteiger partial charge in [-0.25, -0.2) is 4.98 Å². The van der Waals surface area contributed by atoms with E-state index >= 15 is 0 Å². The Bertz CT molecular complexity index is 610. The van der Waals surface area contributed by atoms with Crippen molar-refractivity contribution in [3.05, 3.63) is 51.5 Å². The number of hydrogen-bond acceptors (Lipinski definition) is 5. The third-order valence-electron chi connectivity index (χ3n) is 3.29. The first-order valence-corrected chi connectivity index (χ1v) is 7.71. The average molecular weight is 304 g/mol. The van der Waals surface area contributed by atoms with Crippen LogP contribution in [0.25, 0.3) is 0 Å². The number of nitrogens with zero attached hydrogens (tertiary/aromatic N) is 1. The summed E-state index contributed by atoms with van der Waals surface area (Å²) in [6.07, 6.45) is 2.20. The van der Waals surface area contributed by atoms with Crippen LogP contribution in [0.5, 0.6) is 0 Å².